The summed E-state index contributed by atoms with van der Waals surface area (Å²) in [5.41, 5.74) is 1.60. The van der Waals surface area contributed by atoms with E-state index in [2.05, 4.69) is 9.71 Å². The molecule has 2 heterocycles. The average Bonchev–Trinajstić information content (AvgIpc) is 3.10. The van der Waals surface area contributed by atoms with Crippen molar-refractivity contribution < 1.29 is 18.0 Å². The number of anilines is 2. The van der Waals surface area contributed by atoms with Crippen molar-refractivity contribution in [1.82, 2.24) is 4.90 Å². The number of rotatable bonds is 6. The third-order valence-electron chi connectivity index (χ3n) is 5.04. The highest BCUT2D eigenvalue weighted by molar-refractivity contribution is 8.15. The van der Waals surface area contributed by atoms with E-state index in [4.69, 9.17) is 23.2 Å². The first-order valence-corrected chi connectivity index (χ1v) is 13.3. The molecular weight excluding hydrogens is 507 g/mol. The minimum atomic E-state index is -3.46. The lowest BCUT2D eigenvalue weighted by Gasteiger charge is -2.23. The van der Waals surface area contributed by atoms with E-state index < -0.39 is 15.9 Å². The molecule has 0 bridgehead atoms. The Bertz CT molecular complexity index is 1270. The molecule has 33 heavy (non-hydrogen) atoms. The van der Waals surface area contributed by atoms with E-state index in [-0.39, 0.29) is 18.2 Å². The van der Waals surface area contributed by atoms with Crippen molar-refractivity contribution in [2.24, 2.45) is 4.40 Å². The van der Waals surface area contributed by atoms with Gasteiger partial charge in [0, 0.05) is 28.6 Å². The molecule has 12 heteroatoms. The zero-order valence-corrected chi connectivity index (χ0v) is 20.7. The Hall–Kier alpha value is -2.27. The molecular formula is C21H20Cl2N4O4S2. The van der Waals surface area contributed by atoms with E-state index >= 15 is 0 Å². The Kier molecular flexibility index (Phi) is 6.90. The van der Waals surface area contributed by atoms with Gasteiger partial charge in [-0.05, 0) is 54.6 Å². The molecule has 0 radical (unpaired) electrons. The molecule has 0 fully saturated rings. The topological polar surface area (TPSA) is 99.1 Å². The molecule has 2 aliphatic rings. The van der Waals surface area contributed by atoms with Gasteiger partial charge in [-0.25, -0.2) is 8.42 Å². The molecule has 0 atom stereocenters. The van der Waals surface area contributed by atoms with Gasteiger partial charge >= 0.3 is 0 Å². The van der Waals surface area contributed by atoms with Crippen molar-refractivity contribution in [1.29, 1.82) is 0 Å². The molecule has 2 amide bonds. The van der Waals surface area contributed by atoms with Gasteiger partial charge in [-0.2, -0.15) is 0 Å². The van der Waals surface area contributed by atoms with Crippen LogP contribution in [-0.4, -0.2) is 55.7 Å². The van der Waals surface area contributed by atoms with Crippen LogP contribution in [-0.2, 0) is 14.8 Å². The van der Waals surface area contributed by atoms with Gasteiger partial charge < -0.3 is 15.1 Å². The molecule has 0 unspecified atom stereocenters. The number of amides is 2. The summed E-state index contributed by atoms with van der Waals surface area (Å²) in [5, 5.41) is 3.87. The number of carbonyl (C=O) groups excluding carboxylic acids is 2. The van der Waals surface area contributed by atoms with Crippen LogP contribution in [0.2, 0.25) is 10.0 Å². The number of thioether (sulfide) groups is 1. The molecule has 0 saturated heterocycles. The molecule has 0 aliphatic carbocycles. The Morgan fingerprint density at radius 2 is 2.00 bits per heavy atom. The van der Waals surface area contributed by atoms with Crippen LogP contribution in [0.4, 0.5) is 11.4 Å². The largest absolute Gasteiger partial charge is 0.329 e. The third kappa shape index (κ3) is 5.29. The second kappa shape index (κ2) is 9.54. The van der Waals surface area contributed by atoms with Gasteiger partial charge in [-0.3, -0.25) is 9.59 Å². The summed E-state index contributed by atoms with van der Waals surface area (Å²) in [6, 6.07) is 9.92. The number of hydrogen-bond donors (Lipinski definition) is 1. The average molecular weight is 527 g/mol. The van der Waals surface area contributed by atoms with Crippen LogP contribution < -0.4 is 10.2 Å². The standard InChI is InChI=1S/C21H20Cl2N4O4S2/c1-2-7-26(12-19(28)24-16-11-14(22)4-5-15(16)23)20(29)13-3-6-17-18(10-13)32-21-25-33(30,31)9-8-27(17)21/h3-6,10-11H,2,7-9,12H2,1H3,(H,24,28). The number of nitrogens with one attached hydrogen (secondary N) is 1. The fraction of sp³-hybridized carbons (Fsp3) is 0.286. The highest BCUT2D eigenvalue weighted by atomic mass is 35.5. The van der Waals surface area contributed by atoms with E-state index in [1.807, 2.05) is 11.8 Å². The number of nitrogens with zero attached hydrogens (tertiary/aromatic N) is 3. The minimum absolute atomic E-state index is 0.0484. The molecule has 2 aliphatic heterocycles. The van der Waals surface area contributed by atoms with Crippen LogP contribution >= 0.6 is 35.0 Å². The van der Waals surface area contributed by atoms with Crippen molar-refractivity contribution in [2.45, 2.75) is 18.2 Å². The molecule has 8 nitrogen and oxygen atoms in total. The second-order valence-electron chi connectivity index (χ2n) is 7.50. The summed E-state index contributed by atoms with van der Waals surface area (Å²) in [7, 11) is -3.46. The van der Waals surface area contributed by atoms with Gasteiger partial charge in [0.25, 0.3) is 15.9 Å². The summed E-state index contributed by atoms with van der Waals surface area (Å²) in [4.78, 5) is 29.9. The predicted octanol–water partition coefficient (Wildman–Crippen LogP) is 4.10. The summed E-state index contributed by atoms with van der Waals surface area (Å²) >= 11 is 13.3. The number of benzene rings is 2. The summed E-state index contributed by atoms with van der Waals surface area (Å²) < 4.78 is 27.5. The first-order chi connectivity index (χ1) is 15.7. The molecule has 1 N–H and O–H groups in total. The predicted molar refractivity (Wildman–Crippen MR) is 132 cm³/mol. The maximum atomic E-state index is 13.2. The van der Waals surface area contributed by atoms with Crippen LogP contribution in [0.5, 0.6) is 0 Å². The summed E-state index contributed by atoms with van der Waals surface area (Å²) in [6.45, 7) is 2.47. The highest BCUT2D eigenvalue weighted by Crippen LogP contribution is 2.42. The number of amidine groups is 1. The minimum Gasteiger partial charge on any atom is -0.329 e. The fourth-order valence-corrected chi connectivity index (χ4v) is 6.16. The maximum Gasteiger partial charge on any atom is 0.257 e. The lowest BCUT2D eigenvalue weighted by Crippen LogP contribution is -2.38. The zero-order chi connectivity index (χ0) is 23.8. The van der Waals surface area contributed by atoms with Gasteiger partial charge in [0.15, 0.2) is 5.17 Å². The molecule has 2 aromatic rings. The molecule has 0 spiro atoms. The number of fused-ring (bicyclic) bond motifs is 3. The Morgan fingerprint density at radius 1 is 1.21 bits per heavy atom. The lowest BCUT2D eigenvalue weighted by molar-refractivity contribution is -0.116. The van der Waals surface area contributed by atoms with E-state index in [1.54, 1.807) is 36.4 Å². The molecule has 0 aromatic heterocycles. The van der Waals surface area contributed by atoms with Crippen molar-refractivity contribution in [3.05, 3.63) is 52.0 Å². The molecule has 2 aromatic carbocycles. The maximum absolute atomic E-state index is 13.2. The fourth-order valence-electron chi connectivity index (χ4n) is 3.52. The number of carbonyl (C=O) groups is 2. The van der Waals surface area contributed by atoms with E-state index in [1.165, 1.54) is 16.7 Å². The number of hydrogen-bond acceptors (Lipinski definition) is 6. The van der Waals surface area contributed by atoms with Crippen LogP contribution in [0.1, 0.15) is 23.7 Å². The number of sulfonamides is 1. The van der Waals surface area contributed by atoms with E-state index in [0.717, 1.165) is 10.6 Å². The molecule has 174 valence electrons. The van der Waals surface area contributed by atoms with Crippen molar-refractivity contribution in [3.8, 4) is 0 Å². The van der Waals surface area contributed by atoms with Crippen LogP contribution in [0.3, 0.4) is 0 Å². The van der Waals surface area contributed by atoms with Gasteiger partial charge in [0.1, 0.15) is 6.54 Å². The van der Waals surface area contributed by atoms with Crippen molar-refractivity contribution in [2.75, 3.05) is 35.6 Å². The lowest BCUT2D eigenvalue weighted by atomic mass is 10.1. The van der Waals surface area contributed by atoms with Crippen molar-refractivity contribution in [3.63, 3.8) is 0 Å². The monoisotopic (exact) mass is 526 g/mol. The van der Waals surface area contributed by atoms with Crippen LogP contribution in [0.15, 0.2) is 45.7 Å². The normalized spacial score (nSPS) is 16.0. The van der Waals surface area contributed by atoms with E-state index in [9.17, 15) is 18.0 Å². The SMILES string of the molecule is CCCN(CC(=O)Nc1cc(Cl)ccc1Cl)C(=O)c1ccc2c(c1)SC1=NS(=O)(=O)CCN12. The van der Waals surface area contributed by atoms with Crippen LogP contribution in [0, 0.1) is 0 Å². The quantitative estimate of drug-likeness (QED) is 0.608. The van der Waals surface area contributed by atoms with E-state index in [0.29, 0.717) is 46.0 Å². The van der Waals surface area contributed by atoms with Crippen molar-refractivity contribution >= 4 is 73.3 Å². The Morgan fingerprint density at radius 3 is 2.76 bits per heavy atom. The second-order valence-corrected chi connectivity index (χ2v) is 11.1. The van der Waals surface area contributed by atoms with Crippen LogP contribution in [0.25, 0.3) is 0 Å². The highest BCUT2D eigenvalue weighted by Gasteiger charge is 2.33. The number of halogens is 2. The van der Waals surface area contributed by atoms with Gasteiger partial charge in [-0.1, -0.05) is 30.1 Å². The smallest absolute Gasteiger partial charge is 0.257 e. The molecule has 4 rings (SSSR count). The summed E-state index contributed by atoms with van der Waals surface area (Å²) in [6.07, 6.45) is 0.666. The first-order valence-electron chi connectivity index (χ1n) is 10.1. The third-order valence-corrected chi connectivity index (χ3v) is 7.91. The Balaban J connectivity index is 1.51. The molecule has 0 saturated carbocycles. The van der Waals surface area contributed by atoms with Gasteiger partial charge in [0.05, 0.1) is 22.2 Å². The Labute approximate surface area is 206 Å². The first kappa shape index (κ1) is 23.9. The zero-order valence-electron chi connectivity index (χ0n) is 17.5. The van der Waals surface area contributed by atoms with Gasteiger partial charge in [0.2, 0.25) is 5.91 Å². The van der Waals surface area contributed by atoms with Gasteiger partial charge in [-0.15, -0.1) is 4.40 Å². The summed E-state index contributed by atoms with van der Waals surface area (Å²) in [5.74, 6) is -0.743.